The molecule has 5 heteroatoms. The highest BCUT2D eigenvalue weighted by Gasteiger charge is 2.07. The van der Waals surface area contributed by atoms with Crippen molar-refractivity contribution in [1.29, 1.82) is 0 Å². The van der Waals surface area contributed by atoms with Gasteiger partial charge in [0.25, 0.3) is 5.78 Å². The van der Waals surface area contributed by atoms with Gasteiger partial charge in [-0.25, -0.2) is 4.98 Å². The number of nitrogens with one attached hydrogen (secondary N) is 1. The third kappa shape index (κ3) is 2.20. The van der Waals surface area contributed by atoms with Crippen LogP contribution in [0.5, 0.6) is 0 Å². The summed E-state index contributed by atoms with van der Waals surface area (Å²) >= 11 is 0. The van der Waals surface area contributed by atoms with Crippen LogP contribution in [0.1, 0.15) is 31.4 Å². The second-order valence-electron chi connectivity index (χ2n) is 4.69. The molecule has 2 aromatic heterocycles. The summed E-state index contributed by atoms with van der Waals surface area (Å²) in [6, 6.07) is 2.00. The van der Waals surface area contributed by atoms with E-state index in [1.165, 1.54) is 25.6 Å². The fourth-order valence-electron chi connectivity index (χ4n) is 2.37. The average molecular weight is 243 g/mol. The van der Waals surface area contributed by atoms with Crippen molar-refractivity contribution in [3.05, 3.63) is 29.7 Å². The maximum absolute atomic E-state index is 4.32. The van der Waals surface area contributed by atoms with Crippen molar-refractivity contribution in [1.82, 2.24) is 19.6 Å². The second kappa shape index (κ2) is 4.76. The Morgan fingerprint density at radius 2 is 2.39 bits per heavy atom. The number of aromatic nitrogens is 4. The summed E-state index contributed by atoms with van der Waals surface area (Å²) < 4.78 is 1.75. The summed E-state index contributed by atoms with van der Waals surface area (Å²) in [4.78, 5) is 8.43. The van der Waals surface area contributed by atoms with E-state index in [0.717, 1.165) is 24.5 Å². The number of hydrogen-bond acceptors (Lipinski definition) is 4. The van der Waals surface area contributed by atoms with Gasteiger partial charge in [-0.3, -0.25) is 0 Å². The molecule has 0 fully saturated rings. The summed E-state index contributed by atoms with van der Waals surface area (Å²) in [5.74, 6) is 1.62. The molecule has 2 aromatic rings. The smallest absolute Gasteiger partial charge is 0.254 e. The molecule has 3 rings (SSSR count). The quantitative estimate of drug-likeness (QED) is 0.837. The van der Waals surface area contributed by atoms with Crippen LogP contribution in [0.2, 0.25) is 0 Å². The van der Waals surface area contributed by atoms with Gasteiger partial charge < -0.3 is 5.32 Å². The van der Waals surface area contributed by atoms with Gasteiger partial charge in [-0.2, -0.15) is 14.6 Å². The van der Waals surface area contributed by atoms with Crippen LogP contribution >= 0.6 is 0 Å². The Bertz CT molecular complexity index is 584. The lowest BCUT2D eigenvalue weighted by Crippen LogP contribution is -2.08. The first-order valence-electron chi connectivity index (χ1n) is 6.42. The number of hydrogen-bond donors (Lipinski definition) is 1. The lowest BCUT2D eigenvalue weighted by Gasteiger charge is -2.08. The highest BCUT2D eigenvalue weighted by molar-refractivity contribution is 5.44. The number of allylic oxidation sites excluding steroid dienone is 1. The van der Waals surface area contributed by atoms with Gasteiger partial charge in [0, 0.05) is 18.3 Å². The molecule has 0 aromatic carbocycles. The highest BCUT2D eigenvalue weighted by atomic mass is 15.3. The van der Waals surface area contributed by atoms with Crippen LogP contribution in [0.3, 0.4) is 0 Å². The summed E-state index contributed by atoms with van der Waals surface area (Å²) in [7, 11) is 0. The van der Waals surface area contributed by atoms with Crippen LogP contribution in [0, 0.1) is 6.92 Å². The number of fused-ring (bicyclic) bond motifs is 1. The summed E-state index contributed by atoms with van der Waals surface area (Å²) in [5, 5.41) is 7.60. The molecule has 1 N–H and O–H groups in total. The maximum atomic E-state index is 4.32. The van der Waals surface area contributed by atoms with Crippen molar-refractivity contribution in [2.24, 2.45) is 0 Å². The third-order valence-corrected chi connectivity index (χ3v) is 3.27. The molecule has 0 atom stereocenters. The van der Waals surface area contributed by atoms with E-state index in [-0.39, 0.29) is 0 Å². The molecule has 0 radical (unpaired) electrons. The molecule has 0 saturated carbocycles. The van der Waals surface area contributed by atoms with E-state index in [1.807, 2.05) is 13.0 Å². The molecule has 94 valence electrons. The second-order valence-corrected chi connectivity index (χ2v) is 4.69. The van der Waals surface area contributed by atoms with Gasteiger partial charge in [0.15, 0.2) is 0 Å². The third-order valence-electron chi connectivity index (χ3n) is 3.27. The fourth-order valence-corrected chi connectivity index (χ4v) is 2.37. The van der Waals surface area contributed by atoms with E-state index >= 15 is 0 Å². The number of anilines is 1. The molecule has 0 bridgehead atoms. The van der Waals surface area contributed by atoms with Crippen LogP contribution in [-0.4, -0.2) is 26.1 Å². The zero-order chi connectivity index (χ0) is 12.4. The number of rotatable bonds is 4. The predicted molar refractivity (Wildman–Crippen MR) is 70.6 cm³/mol. The maximum Gasteiger partial charge on any atom is 0.254 e. The van der Waals surface area contributed by atoms with Crippen LogP contribution in [0.4, 0.5) is 5.82 Å². The van der Waals surface area contributed by atoms with Gasteiger partial charge >= 0.3 is 0 Å². The molecule has 2 heterocycles. The lowest BCUT2D eigenvalue weighted by atomic mass is 10.2. The Morgan fingerprint density at radius 1 is 1.44 bits per heavy atom. The first-order chi connectivity index (χ1) is 8.83. The minimum Gasteiger partial charge on any atom is -0.370 e. The molecule has 1 aliphatic carbocycles. The Morgan fingerprint density at radius 3 is 3.22 bits per heavy atom. The molecular formula is C13H17N5. The summed E-state index contributed by atoms with van der Waals surface area (Å²) in [5.41, 5.74) is 2.53. The van der Waals surface area contributed by atoms with Crippen LogP contribution in [-0.2, 0) is 0 Å². The Balaban J connectivity index is 1.71. The minimum atomic E-state index is 0.651. The van der Waals surface area contributed by atoms with Crippen molar-refractivity contribution in [2.45, 2.75) is 32.6 Å². The van der Waals surface area contributed by atoms with Gasteiger partial charge in [-0.1, -0.05) is 11.6 Å². The van der Waals surface area contributed by atoms with Crippen molar-refractivity contribution >= 4 is 11.6 Å². The first-order valence-corrected chi connectivity index (χ1v) is 6.42. The molecule has 5 nitrogen and oxygen atoms in total. The molecule has 18 heavy (non-hydrogen) atoms. The van der Waals surface area contributed by atoms with Gasteiger partial charge in [0.2, 0.25) is 0 Å². The van der Waals surface area contributed by atoms with E-state index in [2.05, 4.69) is 26.5 Å². The number of nitrogens with zero attached hydrogens (tertiary/aromatic N) is 4. The van der Waals surface area contributed by atoms with E-state index in [1.54, 1.807) is 10.1 Å². The molecular weight excluding hydrogens is 226 g/mol. The van der Waals surface area contributed by atoms with Gasteiger partial charge in [-0.05, 0) is 32.6 Å². The molecule has 0 unspecified atom stereocenters. The topological polar surface area (TPSA) is 55.1 Å². The van der Waals surface area contributed by atoms with Gasteiger partial charge in [-0.15, -0.1) is 0 Å². The Labute approximate surface area is 106 Å². The molecule has 1 aliphatic rings. The Kier molecular flexibility index (Phi) is 2.96. The molecule has 0 amide bonds. The van der Waals surface area contributed by atoms with Crippen molar-refractivity contribution in [3.8, 4) is 0 Å². The largest absolute Gasteiger partial charge is 0.370 e. The van der Waals surface area contributed by atoms with Crippen molar-refractivity contribution in [2.75, 3.05) is 11.9 Å². The average Bonchev–Trinajstić information content (AvgIpc) is 2.98. The van der Waals surface area contributed by atoms with E-state index in [0.29, 0.717) is 5.78 Å². The van der Waals surface area contributed by atoms with Crippen molar-refractivity contribution < 1.29 is 0 Å². The highest BCUT2D eigenvalue weighted by Crippen LogP contribution is 2.20. The van der Waals surface area contributed by atoms with Crippen LogP contribution in [0.25, 0.3) is 5.78 Å². The van der Waals surface area contributed by atoms with E-state index in [4.69, 9.17) is 0 Å². The lowest BCUT2D eigenvalue weighted by molar-refractivity contribution is 0.853. The normalized spacial score (nSPS) is 15.1. The van der Waals surface area contributed by atoms with Gasteiger partial charge in [0.1, 0.15) is 12.1 Å². The minimum absolute atomic E-state index is 0.651. The zero-order valence-corrected chi connectivity index (χ0v) is 10.6. The summed E-state index contributed by atoms with van der Waals surface area (Å²) in [6.45, 7) is 2.91. The SMILES string of the molecule is Cc1cc(NCCC2=CCCC2)n2ncnc2n1. The van der Waals surface area contributed by atoms with Crippen molar-refractivity contribution in [3.63, 3.8) is 0 Å². The standard InChI is InChI=1S/C13H17N5/c1-10-8-12(18-13(17-10)15-9-16-18)14-7-6-11-4-2-3-5-11/h4,8-9,14H,2-3,5-7H2,1H3. The molecule has 0 saturated heterocycles. The molecule has 0 aliphatic heterocycles. The van der Waals surface area contributed by atoms with Crippen LogP contribution < -0.4 is 5.32 Å². The zero-order valence-electron chi connectivity index (χ0n) is 10.6. The van der Waals surface area contributed by atoms with Gasteiger partial charge in [0.05, 0.1) is 0 Å². The Hall–Kier alpha value is -1.91. The van der Waals surface area contributed by atoms with E-state index < -0.39 is 0 Å². The first kappa shape index (κ1) is 11.2. The molecule has 0 spiro atoms. The number of aryl methyl sites for hydroxylation is 1. The predicted octanol–water partition coefficient (Wildman–Crippen LogP) is 2.35. The van der Waals surface area contributed by atoms with E-state index in [9.17, 15) is 0 Å². The fraction of sp³-hybridized carbons (Fsp3) is 0.462. The van der Waals surface area contributed by atoms with Crippen LogP contribution in [0.15, 0.2) is 24.0 Å². The summed E-state index contributed by atoms with van der Waals surface area (Å²) in [6.07, 6.45) is 8.83. The monoisotopic (exact) mass is 243 g/mol.